The SMILES string of the molecule is CC1CNC(=O)c2ccc(I)cc21. The summed E-state index contributed by atoms with van der Waals surface area (Å²) in [6.45, 7) is 2.89. The Morgan fingerprint density at radius 2 is 2.31 bits per heavy atom. The lowest BCUT2D eigenvalue weighted by Gasteiger charge is -2.22. The van der Waals surface area contributed by atoms with E-state index in [0.717, 1.165) is 12.1 Å². The molecular formula is C10H10INO. The summed E-state index contributed by atoms with van der Waals surface area (Å²) in [6.07, 6.45) is 0. The lowest BCUT2D eigenvalue weighted by atomic mass is 9.92. The van der Waals surface area contributed by atoms with E-state index in [-0.39, 0.29) is 5.91 Å². The minimum Gasteiger partial charge on any atom is -0.351 e. The fourth-order valence-corrected chi connectivity index (χ4v) is 2.11. The monoisotopic (exact) mass is 287 g/mol. The van der Waals surface area contributed by atoms with Crippen LogP contribution in [0, 0.1) is 3.57 Å². The Kier molecular flexibility index (Phi) is 2.27. The molecule has 2 nitrogen and oxygen atoms in total. The Morgan fingerprint density at radius 1 is 1.54 bits per heavy atom. The van der Waals surface area contributed by atoms with E-state index in [1.165, 1.54) is 9.13 Å². The van der Waals surface area contributed by atoms with Crippen LogP contribution in [0.4, 0.5) is 0 Å². The van der Waals surface area contributed by atoms with Crippen molar-refractivity contribution in [2.45, 2.75) is 12.8 Å². The molecular weight excluding hydrogens is 277 g/mol. The van der Waals surface area contributed by atoms with Crippen LogP contribution in [0.2, 0.25) is 0 Å². The van der Waals surface area contributed by atoms with Gasteiger partial charge in [-0.1, -0.05) is 6.92 Å². The summed E-state index contributed by atoms with van der Waals surface area (Å²) in [7, 11) is 0. The third kappa shape index (κ3) is 1.57. The minimum absolute atomic E-state index is 0.0597. The normalized spacial score (nSPS) is 20.8. The van der Waals surface area contributed by atoms with Gasteiger partial charge in [0.2, 0.25) is 0 Å². The highest BCUT2D eigenvalue weighted by atomic mass is 127. The Morgan fingerprint density at radius 3 is 3.08 bits per heavy atom. The van der Waals surface area contributed by atoms with Crippen molar-refractivity contribution in [1.82, 2.24) is 5.32 Å². The summed E-state index contributed by atoms with van der Waals surface area (Å²) in [5, 5.41) is 2.87. The number of hydrogen-bond donors (Lipinski definition) is 1. The first-order valence-corrected chi connectivity index (χ1v) is 5.34. The highest BCUT2D eigenvalue weighted by Crippen LogP contribution is 2.24. The van der Waals surface area contributed by atoms with Crippen molar-refractivity contribution in [3.63, 3.8) is 0 Å². The number of benzene rings is 1. The molecule has 1 atom stereocenters. The molecule has 1 N–H and O–H groups in total. The van der Waals surface area contributed by atoms with Crippen molar-refractivity contribution in [2.75, 3.05) is 6.54 Å². The number of hydrogen-bond acceptors (Lipinski definition) is 1. The van der Waals surface area contributed by atoms with Crippen LogP contribution in [0.5, 0.6) is 0 Å². The molecule has 0 bridgehead atoms. The molecule has 0 saturated heterocycles. The Bertz CT molecular complexity index is 362. The molecule has 0 radical (unpaired) electrons. The number of fused-ring (bicyclic) bond motifs is 1. The maximum Gasteiger partial charge on any atom is 0.251 e. The van der Waals surface area contributed by atoms with Crippen molar-refractivity contribution in [3.05, 3.63) is 32.9 Å². The summed E-state index contributed by atoms with van der Waals surface area (Å²) in [5.74, 6) is 0.493. The van der Waals surface area contributed by atoms with Crippen LogP contribution in [-0.4, -0.2) is 12.5 Å². The lowest BCUT2D eigenvalue weighted by molar-refractivity contribution is 0.0941. The highest BCUT2D eigenvalue weighted by Gasteiger charge is 2.21. The first-order chi connectivity index (χ1) is 6.18. The first-order valence-electron chi connectivity index (χ1n) is 4.26. The molecule has 1 aliphatic rings. The molecule has 0 fully saturated rings. The predicted octanol–water partition coefficient (Wildman–Crippen LogP) is 2.14. The highest BCUT2D eigenvalue weighted by molar-refractivity contribution is 14.1. The summed E-state index contributed by atoms with van der Waals surface area (Å²) in [5.41, 5.74) is 2.01. The number of carbonyl (C=O) groups is 1. The van der Waals surface area contributed by atoms with E-state index in [4.69, 9.17) is 0 Å². The molecule has 13 heavy (non-hydrogen) atoms. The van der Waals surface area contributed by atoms with Crippen molar-refractivity contribution in [3.8, 4) is 0 Å². The zero-order valence-electron chi connectivity index (χ0n) is 7.30. The van der Waals surface area contributed by atoms with Crippen molar-refractivity contribution in [2.24, 2.45) is 0 Å². The van der Waals surface area contributed by atoms with E-state index in [9.17, 15) is 4.79 Å². The Hall–Kier alpha value is -0.580. The van der Waals surface area contributed by atoms with E-state index in [1.807, 2.05) is 12.1 Å². The van der Waals surface area contributed by atoms with Crippen LogP contribution in [0.3, 0.4) is 0 Å². The molecule has 0 saturated carbocycles. The van der Waals surface area contributed by atoms with E-state index in [1.54, 1.807) is 0 Å². The number of carbonyl (C=O) groups excluding carboxylic acids is 1. The zero-order chi connectivity index (χ0) is 9.42. The van der Waals surface area contributed by atoms with Crippen molar-refractivity contribution in [1.29, 1.82) is 0 Å². The molecule has 1 aromatic rings. The van der Waals surface area contributed by atoms with Gasteiger partial charge in [-0.05, 0) is 52.3 Å². The van der Waals surface area contributed by atoms with Gasteiger partial charge in [0.05, 0.1) is 0 Å². The predicted molar refractivity (Wildman–Crippen MR) is 59.9 cm³/mol. The minimum atomic E-state index is 0.0597. The Labute approximate surface area is 90.9 Å². The average molecular weight is 287 g/mol. The van der Waals surface area contributed by atoms with Gasteiger partial charge < -0.3 is 5.32 Å². The zero-order valence-corrected chi connectivity index (χ0v) is 9.46. The molecule has 3 heteroatoms. The topological polar surface area (TPSA) is 29.1 Å². The maximum atomic E-state index is 11.4. The molecule has 1 amide bonds. The van der Waals surface area contributed by atoms with Crippen LogP contribution in [0.1, 0.15) is 28.8 Å². The maximum absolute atomic E-state index is 11.4. The molecule has 1 aliphatic heterocycles. The largest absolute Gasteiger partial charge is 0.351 e. The van der Waals surface area contributed by atoms with Gasteiger partial charge in [0, 0.05) is 15.7 Å². The molecule has 1 heterocycles. The second-order valence-corrected chi connectivity index (χ2v) is 4.59. The second kappa shape index (κ2) is 3.29. The van der Waals surface area contributed by atoms with Gasteiger partial charge in [-0.15, -0.1) is 0 Å². The number of nitrogens with one attached hydrogen (secondary N) is 1. The molecule has 0 spiro atoms. The fourth-order valence-electron chi connectivity index (χ4n) is 1.60. The Balaban J connectivity index is 2.57. The van der Waals surface area contributed by atoms with Crippen LogP contribution in [0.25, 0.3) is 0 Å². The molecule has 1 aromatic carbocycles. The van der Waals surface area contributed by atoms with Gasteiger partial charge in [-0.2, -0.15) is 0 Å². The molecule has 0 aliphatic carbocycles. The van der Waals surface area contributed by atoms with Crippen molar-refractivity contribution < 1.29 is 4.79 Å². The quantitative estimate of drug-likeness (QED) is 0.728. The van der Waals surface area contributed by atoms with Crippen molar-refractivity contribution >= 4 is 28.5 Å². The van der Waals surface area contributed by atoms with Crippen LogP contribution < -0.4 is 5.32 Å². The van der Waals surface area contributed by atoms with E-state index >= 15 is 0 Å². The summed E-state index contributed by atoms with van der Waals surface area (Å²) < 4.78 is 1.19. The second-order valence-electron chi connectivity index (χ2n) is 3.34. The summed E-state index contributed by atoms with van der Waals surface area (Å²) >= 11 is 2.27. The lowest BCUT2D eigenvalue weighted by Crippen LogP contribution is -2.33. The summed E-state index contributed by atoms with van der Waals surface area (Å²) in [4.78, 5) is 11.4. The number of rotatable bonds is 0. The van der Waals surface area contributed by atoms with Crippen LogP contribution in [0.15, 0.2) is 18.2 Å². The van der Waals surface area contributed by atoms with Gasteiger partial charge >= 0.3 is 0 Å². The van der Waals surface area contributed by atoms with E-state index in [2.05, 4.69) is 40.9 Å². The smallest absolute Gasteiger partial charge is 0.251 e. The fraction of sp³-hybridized carbons (Fsp3) is 0.300. The number of halogens is 1. The van der Waals surface area contributed by atoms with Gasteiger partial charge in [-0.25, -0.2) is 0 Å². The third-order valence-corrected chi connectivity index (χ3v) is 3.03. The summed E-state index contributed by atoms with van der Waals surface area (Å²) in [6, 6.07) is 5.97. The average Bonchev–Trinajstić information content (AvgIpc) is 2.12. The van der Waals surface area contributed by atoms with Gasteiger partial charge in [0.25, 0.3) is 5.91 Å². The van der Waals surface area contributed by atoms with Gasteiger partial charge in [-0.3, -0.25) is 4.79 Å². The third-order valence-electron chi connectivity index (χ3n) is 2.36. The molecule has 1 unspecified atom stereocenters. The molecule has 68 valence electrons. The standard InChI is InChI=1S/C10H10INO/c1-6-5-12-10(13)8-3-2-7(11)4-9(6)8/h2-4,6H,5H2,1H3,(H,12,13). The van der Waals surface area contributed by atoms with Gasteiger partial charge in [0.1, 0.15) is 0 Å². The van der Waals surface area contributed by atoms with Crippen LogP contribution in [-0.2, 0) is 0 Å². The van der Waals surface area contributed by atoms with Crippen LogP contribution >= 0.6 is 22.6 Å². The van der Waals surface area contributed by atoms with E-state index in [0.29, 0.717) is 5.92 Å². The number of amides is 1. The molecule has 2 rings (SSSR count). The van der Waals surface area contributed by atoms with E-state index < -0.39 is 0 Å². The molecule has 0 aromatic heterocycles. The first kappa shape index (κ1) is 8.99. The van der Waals surface area contributed by atoms with Gasteiger partial charge in [0.15, 0.2) is 0 Å².